The highest BCUT2D eigenvalue weighted by Crippen LogP contribution is 2.20. The molecule has 0 spiro atoms. The average molecular weight is 193 g/mol. The summed E-state index contributed by atoms with van der Waals surface area (Å²) in [4.78, 5) is 0. The third-order valence-electron chi connectivity index (χ3n) is 1.93. The molecule has 5 heteroatoms. The topological polar surface area (TPSA) is 78.1 Å². The van der Waals surface area contributed by atoms with E-state index in [2.05, 4.69) is 10.2 Å². The lowest BCUT2D eigenvalue weighted by Gasteiger charge is -1.99. The van der Waals surface area contributed by atoms with Crippen molar-refractivity contribution in [2.24, 2.45) is 5.73 Å². The van der Waals surface area contributed by atoms with Crippen LogP contribution in [-0.2, 0) is 0 Å². The monoisotopic (exact) mass is 193 g/mol. The van der Waals surface area contributed by atoms with E-state index in [1.807, 2.05) is 6.92 Å². The van der Waals surface area contributed by atoms with Gasteiger partial charge in [-0.1, -0.05) is 6.92 Å². The van der Waals surface area contributed by atoms with E-state index < -0.39 is 0 Å². The second-order valence-corrected chi connectivity index (χ2v) is 2.94. The van der Waals surface area contributed by atoms with Gasteiger partial charge in [-0.3, -0.25) is 0 Å². The van der Waals surface area contributed by atoms with Crippen molar-refractivity contribution in [3.8, 4) is 11.7 Å². The second kappa shape index (κ2) is 3.63. The summed E-state index contributed by atoms with van der Waals surface area (Å²) in [6, 6.07) is 3.32. The minimum absolute atomic E-state index is 0.203. The number of nitrogens with two attached hydrogens (primary N) is 1. The van der Waals surface area contributed by atoms with Crippen LogP contribution in [0.15, 0.2) is 27.2 Å². The molecule has 0 fully saturated rings. The summed E-state index contributed by atoms with van der Waals surface area (Å²) in [5.74, 6) is 1.37. The summed E-state index contributed by atoms with van der Waals surface area (Å²) in [5, 5.41) is 7.68. The van der Waals surface area contributed by atoms with Crippen molar-refractivity contribution in [3.63, 3.8) is 0 Å². The molecule has 5 nitrogen and oxygen atoms in total. The summed E-state index contributed by atoms with van der Waals surface area (Å²) in [6.45, 7) is 1.96. The number of rotatable bonds is 3. The molecule has 2 aromatic rings. The molecule has 0 saturated carbocycles. The molecule has 0 aliphatic heterocycles. The van der Waals surface area contributed by atoms with E-state index in [0.717, 1.165) is 6.42 Å². The fourth-order valence-electron chi connectivity index (χ4n) is 1.06. The first kappa shape index (κ1) is 8.96. The Morgan fingerprint density at radius 3 is 3.00 bits per heavy atom. The van der Waals surface area contributed by atoms with E-state index in [1.165, 1.54) is 0 Å². The summed E-state index contributed by atoms with van der Waals surface area (Å²) in [6.07, 6.45) is 2.32. The molecule has 2 heterocycles. The fraction of sp³-hybridized carbons (Fsp3) is 0.333. The van der Waals surface area contributed by atoms with Gasteiger partial charge < -0.3 is 14.6 Å². The molecule has 0 aliphatic carbocycles. The Hall–Kier alpha value is -1.62. The van der Waals surface area contributed by atoms with Crippen LogP contribution in [0.25, 0.3) is 11.7 Å². The van der Waals surface area contributed by atoms with Crippen LogP contribution in [0.2, 0.25) is 0 Å². The maximum absolute atomic E-state index is 5.73. The van der Waals surface area contributed by atoms with Crippen LogP contribution in [0.3, 0.4) is 0 Å². The van der Waals surface area contributed by atoms with E-state index in [4.69, 9.17) is 14.6 Å². The molecule has 1 atom stereocenters. The zero-order valence-electron chi connectivity index (χ0n) is 7.80. The first-order chi connectivity index (χ1) is 6.81. The van der Waals surface area contributed by atoms with Crippen LogP contribution >= 0.6 is 0 Å². The van der Waals surface area contributed by atoms with Crippen LogP contribution in [0.4, 0.5) is 0 Å². The van der Waals surface area contributed by atoms with Gasteiger partial charge in [0.2, 0.25) is 5.89 Å². The van der Waals surface area contributed by atoms with Crippen molar-refractivity contribution >= 4 is 0 Å². The molecule has 0 saturated heterocycles. The number of furan rings is 1. The van der Waals surface area contributed by atoms with E-state index in [0.29, 0.717) is 17.5 Å². The van der Waals surface area contributed by atoms with Gasteiger partial charge in [0.15, 0.2) is 5.76 Å². The van der Waals surface area contributed by atoms with Crippen molar-refractivity contribution in [2.75, 3.05) is 0 Å². The van der Waals surface area contributed by atoms with Gasteiger partial charge in [-0.05, 0) is 18.6 Å². The highest BCUT2D eigenvalue weighted by atomic mass is 16.4. The zero-order chi connectivity index (χ0) is 9.97. The Labute approximate surface area is 80.9 Å². The van der Waals surface area contributed by atoms with Gasteiger partial charge >= 0.3 is 0 Å². The quantitative estimate of drug-likeness (QED) is 0.803. The summed E-state index contributed by atoms with van der Waals surface area (Å²) in [5.41, 5.74) is 5.73. The predicted octanol–water partition coefficient (Wildman–Crippen LogP) is 1.74. The van der Waals surface area contributed by atoms with Crippen LogP contribution in [0, 0.1) is 0 Å². The lowest BCUT2D eigenvalue weighted by molar-refractivity contribution is 0.440. The van der Waals surface area contributed by atoms with E-state index in [1.54, 1.807) is 18.4 Å². The Balaban J connectivity index is 2.26. The predicted molar refractivity (Wildman–Crippen MR) is 49.2 cm³/mol. The van der Waals surface area contributed by atoms with E-state index in [9.17, 15) is 0 Å². The first-order valence-corrected chi connectivity index (χ1v) is 4.44. The first-order valence-electron chi connectivity index (χ1n) is 4.44. The normalized spacial score (nSPS) is 13.0. The Morgan fingerprint density at radius 2 is 2.36 bits per heavy atom. The number of nitrogens with zero attached hydrogens (tertiary/aromatic N) is 2. The highest BCUT2D eigenvalue weighted by molar-refractivity contribution is 5.42. The summed E-state index contributed by atoms with van der Waals surface area (Å²) < 4.78 is 10.4. The number of hydrogen-bond acceptors (Lipinski definition) is 5. The van der Waals surface area contributed by atoms with Gasteiger partial charge in [-0.15, -0.1) is 10.2 Å². The van der Waals surface area contributed by atoms with Gasteiger partial charge in [0.25, 0.3) is 5.89 Å². The van der Waals surface area contributed by atoms with Crippen molar-refractivity contribution in [1.82, 2.24) is 10.2 Å². The smallest absolute Gasteiger partial charge is 0.283 e. The SMILES string of the molecule is CCC(N)c1nnc(-c2ccco2)o1. The van der Waals surface area contributed by atoms with Crippen molar-refractivity contribution < 1.29 is 8.83 Å². The molecule has 0 aromatic carbocycles. The Morgan fingerprint density at radius 1 is 1.50 bits per heavy atom. The maximum atomic E-state index is 5.73. The standard InChI is InChI=1S/C9H11N3O2/c1-2-6(10)8-11-12-9(14-8)7-4-3-5-13-7/h3-6H,2,10H2,1H3. The lowest BCUT2D eigenvalue weighted by Crippen LogP contribution is -2.08. The Bertz CT molecular complexity index is 394. The molecule has 1 unspecified atom stereocenters. The largest absolute Gasteiger partial charge is 0.459 e. The molecular weight excluding hydrogens is 182 g/mol. The molecule has 74 valence electrons. The summed E-state index contributed by atoms with van der Waals surface area (Å²) in [7, 11) is 0. The zero-order valence-corrected chi connectivity index (χ0v) is 7.80. The van der Waals surface area contributed by atoms with Gasteiger partial charge in [-0.25, -0.2) is 0 Å². The van der Waals surface area contributed by atoms with E-state index in [-0.39, 0.29) is 6.04 Å². The van der Waals surface area contributed by atoms with Crippen LogP contribution in [0.5, 0.6) is 0 Å². The average Bonchev–Trinajstić information content (AvgIpc) is 2.86. The minimum atomic E-state index is -0.203. The summed E-state index contributed by atoms with van der Waals surface area (Å²) >= 11 is 0. The van der Waals surface area contributed by atoms with Gasteiger partial charge in [0, 0.05) is 0 Å². The van der Waals surface area contributed by atoms with Crippen molar-refractivity contribution in [1.29, 1.82) is 0 Å². The molecule has 14 heavy (non-hydrogen) atoms. The molecule has 2 N–H and O–H groups in total. The van der Waals surface area contributed by atoms with Crippen LogP contribution in [-0.4, -0.2) is 10.2 Å². The molecule has 2 rings (SSSR count). The molecule has 0 radical (unpaired) electrons. The number of aromatic nitrogens is 2. The number of hydrogen-bond donors (Lipinski definition) is 1. The third kappa shape index (κ3) is 1.54. The van der Waals surface area contributed by atoms with E-state index >= 15 is 0 Å². The van der Waals surface area contributed by atoms with Gasteiger partial charge in [-0.2, -0.15) is 0 Å². The highest BCUT2D eigenvalue weighted by Gasteiger charge is 2.14. The molecule has 2 aromatic heterocycles. The molecular formula is C9H11N3O2. The van der Waals surface area contributed by atoms with Crippen molar-refractivity contribution in [2.45, 2.75) is 19.4 Å². The van der Waals surface area contributed by atoms with Crippen molar-refractivity contribution in [3.05, 3.63) is 24.3 Å². The molecule has 0 aliphatic rings. The molecule has 0 amide bonds. The third-order valence-corrected chi connectivity index (χ3v) is 1.93. The fourth-order valence-corrected chi connectivity index (χ4v) is 1.06. The lowest BCUT2D eigenvalue weighted by atomic mass is 10.2. The minimum Gasteiger partial charge on any atom is -0.459 e. The van der Waals surface area contributed by atoms with Crippen LogP contribution in [0.1, 0.15) is 25.3 Å². The maximum Gasteiger partial charge on any atom is 0.283 e. The van der Waals surface area contributed by atoms with Gasteiger partial charge in [0.1, 0.15) is 0 Å². The van der Waals surface area contributed by atoms with Crippen LogP contribution < -0.4 is 5.73 Å². The van der Waals surface area contributed by atoms with Gasteiger partial charge in [0.05, 0.1) is 12.3 Å². The Kier molecular flexibility index (Phi) is 2.32. The molecule has 0 bridgehead atoms. The second-order valence-electron chi connectivity index (χ2n) is 2.94.